The summed E-state index contributed by atoms with van der Waals surface area (Å²) < 4.78 is 0. The summed E-state index contributed by atoms with van der Waals surface area (Å²) in [6.45, 7) is 0. The van der Waals surface area contributed by atoms with Gasteiger partial charge in [0.15, 0.2) is 0 Å². The molecule has 0 saturated carbocycles. The second-order valence-electron chi connectivity index (χ2n) is 4.95. The van der Waals surface area contributed by atoms with Crippen LogP contribution in [0, 0.1) is 40.5 Å². The Morgan fingerprint density at radius 2 is 0.786 bits per heavy atom. The quantitative estimate of drug-likeness (QED) is 0.499. The van der Waals surface area contributed by atoms with Crippen LogP contribution in [0.4, 0.5) is 22.7 Å². The van der Waals surface area contributed by atoms with Crippen molar-refractivity contribution in [3.8, 4) is 22.6 Å². The number of nitro benzene ring substituents is 4. The van der Waals surface area contributed by atoms with Gasteiger partial charge >= 0.3 is 34.2 Å². The van der Waals surface area contributed by atoms with E-state index in [0.29, 0.717) is 0 Å². The molecule has 2 aromatic carbocycles. The molecule has 0 fully saturated rings. The molecule has 146 valence electrons. The van der Waals surface area contributed by atoms with Crippen LogP contribution in [-0.4, -0.2) is 19.7 Å². The summed E-state index contributed by atoms with van der Waals surface area (Å²) in [5, 5.41) is 44.7. The number of hydrogen-bond acceptors (Lipinski definition) is 12. The summed E-state index contributed by atoms with van der Waals surface area (Å²) in [5.41, 5.74) is -4.39. The fraction of sp³-hybridized carbons (Fsp3) is 0. The Morgan fingerprint density at radius 3 is 0.929 bits per heavy atom. The van der Waals surface area contributed by atoms with Crippen molar-refractivity contribution >= 4 is 22.7 Å². The summed E-state index contributed by atoms with van der Waals surface area (Å²) >= 11 is 0. The molecule has 0 atom stereocenters. The lowest BCUT2D eigenvalue weighted by Gasteiger charge is -2.08. The first-order valence-electron chi connectivity index (χ1n) is 6.79. The van der Waals surface area contributed by atoms with Gasteiger partial charge < -0.3 is 9.68 Å². The number of benzene rings is 2. The summed E-state index contributed by atoms with van der Waals surface area (Å²) in [5.74, 6) is 7.99. The van der Waals surface area contributed by atoms with E-state index in [9.17, 15) is 40.5 Å². The molecule has 0 saturated heterocycles. The fourth-order valence-electron chi connectivity index (χ4n) is 2.31. The van der Waals surface area contributed by atoms with Crippen molar-refractivity contribution in [2.75, 3.05) is 0 Å². The van der Waals surface area contributed by atoms with Gasteiger partial charge in [-0.2, -0.15) is 11.8 Å². The summed E-state index contributed by atoms with van der Waals surface area (Å²) in [6.07, 6.45) is 0. The van der Waals surface area contributed by atoms with Crippen molar-refractivity contribution < 1.29 is 29.4 Å². The van der Waals surface area contributed by atoms with E-state index in [1.165, 1.54) is 0 Å². The monoisotopic (exact) mass is 396 g/mol. The van der Waals surface area contributed by atoms with E-state index in [2.05, 4.69) is 9.68 Å². The highest BCUT2D eigenvalue weighted by Crippen LogP contribution is 2.44. The Labute approximate surface area is 152 Å². The van der Waals surface area contributed by atoms with Gasteiger partial charge in [-0.25, -0.2) is 0 Å². The standard InChI is InChI=1S/C12H8N6O10/c13-27-11-7(15(19)20)1-5(2-8(11)16(21)22)6-3-9(17(23)24)12(28-14)10(4-6)18(25)26/h1-4H,13-14H2. The van der Waals surface area contributed by atoms with Gasteiger partial charge in [0.1, 0.15) is 0 Å². The van der Waals surface area contributed by atoms with Gasteiger partial charge in [-0.15, -0.1) is 0 Å². The minimum atomic E-state index is -1.04. The van der Waals surface area contributed by atoms with Gasteiger partial charge in [0, 0.05) is 24.3 Å². The molecule has 0 aliphatic heterocycles. The molecule has 0 bridgehead atoms. The first kappa shape index (κ1) is 19.9. The molecule has 0 aliphatic rings. The van der Waals surface area contributed by atoms with Crippen LogP contribution in [-0.2, 0) is 0 Å². The highest BCUT2D eigenvalue weighted by atomic mass is 16.7. The first-order valence-corrected chi connectivity index (χ1v) is 6.79. The fourth-order valence-corrected chi connectivity index (χ4v) is 2.31. The zero-order valence-electron chi connectivity index (χ0n) is 13.3. The molecule has 28 heavy (non-hydrogen) atoms. The highest BCUT2D eigenvalue weighted by molar-refractivity contribution is 5.79. The van der Waals surface area contributed by atoms with Gasteiger partial charge in [-0.05, 0) is 11.1 Å². The zero-order chi connectivity index (χ0) is 21.2. The minimum Gasteiger partial charge on any atom is -0.397 e. The molecule has 0 radical (unpaired) electrons. The Morgan fingerprint density at radius 1 is 0.571 bits per heavy atom. The predicted octanol–water partition coefficient (Wildman–Crippen LogP) is 1.49. The molecule has 2 rings (SSSR count). The van der Waals surface area contributed by atoms with Gasteiger partial charge in [0.05, 0.1) is 19.7 Å². The SMILES string of the molecule is NOc1c([N+](=O)[O-])cc(-c2cc([N+](=O)[O-])c(ON)c([N+](=O)[O-])c2)cc1[N+](=O)[O-]. The maximum atomic E-state index is 11.2. The number of nitro groups is 4. The van der Waals surface area contributed by atoms with Crippen molar-refractivity contribution in [2.24, 2.45) is 11.8 Å². The van der Waals surface area contributed by atoms with E-state index < -0.39 is 53.9 Å². The largest absolute Gasteiger partial charge is 0.397 e. The molecular formula is C12H8N6O10. The van der Waals surface area contributed by atoms with Crippen molar-refractivity contribution in [3.05, 3.63) is 64.7 Å². The number of rotatable bonds is 7. The molecule has 4 N–H and O–H groups in total. The first-order chi connectivity index (χ1) is 13.1. The van der Waals surface area contributed by atoms with Crippen LogP contribution >= 0.6 is 0 Å². The van der Waals surface area contributed by atoms with Crippen LogP contribution in [0.2, 0.25) is 0 Å². The zero-order valence-corrected chi connectivity index (χ0v) is 13.3. The molecule has 0 spiro atoms. The van der Waals surface area contributed by atoms with Gasteiger partial charge in [0.2, 0.25) is 0 Å². The maximum Gasteiger partial charge on any atom is 0.321 e. The molecule has 16 nitrogen and oxygen atoms in total. The van der Waals surface area contributed by atoms with Crippen molar-refractivity contribution in [3.63, 3.8) is 0 Å². The third-order valence-corrected chi connectivity index (χ3v) is 3.46. The van der Waals surface area contributed by atoms with E-state index in [4.69, 9.17) is 11.8 Å². The smallest absolute Gasteiger partial charge is 0.321 e. The number of hydrogen-bond donors (Lipinski definition) is 2. The minimum absolute atomic E-state index is 0.325. The number of nitrogens with two attached hydrogens (primary N) is 2. The number of nitrogens with zero attached hydrogens (tertiary/aromatic N) is 4. The third kappa shape index (κ3) is 3.43. The second-order valence-corrected chi connectivity index (χ2v) is 4.95. The molecule has 0 aromatic heterocycles. The highest BCUT2D eigenvalue weighted by Gasteiger charge is 2.32. The molecule has 0 amide bonds. The van der Waals surface area contributed by atoms with Crippen LogP contribution < -0.4 is 21.5 Å². The van der Waals surface area contributed by atoms with E-state index in [-0.39, 0.29) is 11.1 Å². The molecule has 0 heterocycles. The van der Waals surface area contributed by atoms with Gasteiger partial charge in [0.25, 0.3) is 0 Å². The summed E-state index contributed by atoms with van der Waals surface area (Å²) in [6, 6.07) is 3.00. The van der Waals surface area contributed by atoms with E-state index in [1.807, 2.05) is 0 Å². The van der Waals surface area contributed by atoms with E-state index in [0.717, 1.165) is 24.3 Å². The predicted molar refractivity (Wildman–Crippen MR) is 88.1 cm³/mol. The average molecular weight is 396 g/mol. The van der Waals surface area contributed by atoms with Crippen molar-refractivity contribution in [1.82, 2.24) is 0 Å². The Balaban J connectivity index is 2.91. The summed E-state index contributed by atoms with van der Waals surface area (Å²) in [4.78, 5) is 49.0. The Kier molecular flexibility index (Phi) is 5.28. The molecule has 0 unspecified atom stereocenters. The second kappa shape index (κ2) is 7.43. The molecular weight excluding hydrogens is 388 g/mol. The van der Waals surface area contributed by atoms with E-state index >= 15 is 0 Å². The molecule has 0 aliphatic carbocycles. The summed E-state index contributed by atoms with van der Waals surface area (Å²) in [7, 11) is 0. The average Bonchev–Trinajstić information content (AvgIpc) is 2.65. The Bertz CT molecular complexity index is 870. The van der Waals surface area contributed by atoms with Crippen LogP contribution in [0.25, 0.3) is 11.1 Å². The van der Waals surface area contributed by atoms with Crippen LogP contribution in [0.3, 0.4) is 0 Å². The lowest BCUT2D eigenvalue weighted by Crippen LogP contribution is -2.09. The third-order valence-electron chi connectivity index (χ3n) is 3.46. The van der Waals surface area contributed by atoms with Crippen molar-refractivity contribution in [2.45, 2.75) is 0 Å². The molecule has 16 heteroatoms. The normalized spacial score (nSPS) is 10.2. The lowest BCUT2D eigenvalue weighted by atomic mass is 10.0. The van der Waals surface area contributed by atoms with Crippen LogP contribution in [0.5, 0.6) is 11.5 Å². The van der Waals surface area contributed by atoms with Crippen LogP contribution in [0.1, 0.15) is 0 Å². The van der Waals surface area contributed by atoms with Crippen molar-refractivity contribution in [1.29, 1.82) is 0 Å². The van der Waals surface area contributed by atoms with E-state index in [1.54, 1.807) is 0 Å². The topological polar surface area (TPSA) is 243 Å². The van der Waals surface area contributed by atoms with Gasteiger partial charge in [-0.3, -0.25) is 40.5 Å². The Hall–Kier alpha value is -4.44. The van der Waals surface area contributed by atoms with Crippen LogP contribution in [0.15, 0.2) is 24.3 Å². The maximum absolute atomic E-state index is 11.2. The molecule has 2 aromatic rings. The van der Waals surface area contributed by atoms with Gasteiger partial charge in [-0.1, -0.05) is 0 Å². The lowest BCUT2D eigenvalue weighted by molar-refractivity contribution is -0.396.